The van der Waals surface area contributed by atoms with Crippen LogP contribution in [-0.2, 0) is 23.3 Å². The molecule has 0 amide bonds. The Bertz CT molecular complexity index is 1130. The van der Waals surface area contributed by atoms with Gasteiger partial charge < -0.3 is 9.55 Å². The van der Waals surface area contributed by atoms with Crippen LogP contribution in [0.4, 0.5) is 0 Å². The van der Waals surface area contributed by atoms with Crippen LogP contribution in [0.25, 0.3) is 10.9 Å². The van der Waals surface area contributed by atoms with E-state index in [9.17, 15) is 13.2 Å². The number of hydrogen-bond acceptors (Lipinski definition) is 6. The summed E-state index contributed by atoms with van der Waals surface area (Å²) in [7, 11) is -1.04. The fraction of sp³-hybridized carbons (Fsp3) is 0.421. The third-order valence-corrected chi connectivity index (χ3v) is 8.20. The minimum absolute atomic E-state index is 0.0360. The first-order valence-corrected chi connectivity index (χ1v) is 11.9. The van der Waals surface area contributed by atoms with Gasteiger partial charge in [0.2, 0.25) is 0 Å². The van der Waals surface area contributed by atoms with E-state index < -0.39 is 9.84 Å². The van der Waals surface area contributed by atoms with Crippen molar-refractivity contribution in [3.05, 3.63) is 41.9 Å². The molecular formula is C19H22N4O3S2. The largest absolute Gasteiger partial charge is 0.360 e. The summed E-state index contributed by atoms with van der Waals surface area (Å²) in [5.74, 6) is 1.37. The van der Waals surface area contributed by atoms with Gasteiger partial charge in [-0.05, 0) is 25.3 Å². The number of sulfone groups is 1. The lowest BCUT2D eigenvalue weighted by Crippen LogP contribution is -2.14. The minimum Gasteiger partial charge on any atom is -0.360 e. The number of carbonyl (C=O) groups is 1. The van der Waals surface area contributed by atoms with E-state index in [1.54, 1.807) is 6.20 Å². The summed E-state index contributed by atoms with van der Waals surface area (Å²) in [6, 6.07) is 7.74. The number of Topliss-reactive ketones (excluding diaryl/α,β-unsaturated/α-hetero) is 1. The minimum atomic E-state index is -2.91. The number of H-pyrrole nitrogens is 1. The zero-order chi connectivity index (χ0) is 19.9. The number of aromatic amines is 1. The third-order valence-electron chi connectivity index (χ3n) is 5.23. The molecule has 1 aliphatic rings. The Morgan fingerprint density at radius 1 is 1.36 bits per heavy atom. The van der Waals surface area contributed by atoms with Crippen molar-refractivity contribution >= 4 is 38.3 Å². The highest BCUT2D eigenvalue weighted by Crippen LogP contribution is 2.28. The number of ketones is 1. The van der Waals surface area contributed by atoms with E-state index in [0.29, 0.717) is 23.6 Å². The quantitative estimate of drug-likeness (QED) is 0.488. The zero-order valence-corrected chi connectivity index (χ0v) is 17.4. The lowest BCUT2D eigenvalue weighted by atomic mass is 10.1. The summed E-state index contributed by atoms with van der Waals surface area (Å²) in [6.45, 7) is 1.87. The lowest BCUT2D eigenvalue weighted by Gasteiger charge is -2.10. The number of nitrogens with one attached hydrogen (secondary N) is 1. The maximum atomic E-state index is 12.9. The first-order chi connectivity index (χ1) is 13.3. The smallest absolute Gasteiger partial charge is 0.191 e. The second-order valence-corrected chi connectivity index (χ2v) is 10.8. The van der Waals surface area contributed by atoms with Gasteiger partial charge in [-0.3, -0.25) is 4.79 Å². The Hall–Kier alpha value is -2.13. The SMILES string of the molecule is C[C@H](Sc1nnc(C[C@H]2CCS(=O)(=O)C2)n1C)C(=O)c1c[nH]c2ccccc12. The van der Waals surface area contributed by atoms with Gasteiger partial charge in [0.05, 0.1) is 16.8 Å². The Morgan fingerprint density at radius 3 is 2.89 bits per heavy atom. The number of fused-ring (bicyclic) bond motifs is 1. The topological polar surface area (TPSA) is 97.7 Å². The van der Waals surface area contributed by atoms with Crippen LogP contribution in [0.2, 0.25) is 0 Å². The fourth-order valence-corrected chi connectivity index (χ4v) is 6.39. The lowest BCUT2D eigenvalue weighted by molar-refractivity contribution is 0.0995. The molecule has 3 aromatic rings. The van der Waals surface area contributed by atoms with Gasteiger partial charge in [0.1, 0.15) is 5.82 Å². The summed E-state index contributed by atoms with van der Waals surface area (Å²) in [5, 5.41) is 9.72. The second-order valence-electron chi connectivity index (χ2n) is 7.30. The highest BCUT2D eigenvalue weighted by molar-refractivity contribution is 8.00. The fourth-order valence-electron chi connectivity index (χ4n) is 3.62. The van der Waals surface area contributed by atoms with Crippen molar-refractivity contribution in [2.45, 2.75) is 30.2 Å². The van der Waals surface area contributed by atoms with Crippen LogP contribution < -0.4 is 0 Å². The van der Waals surface area contributed by atoms with Crippen LogP contribution in [0.5, 0.6) is 0 Å². The Labute approximate surface area is 167 Å². The van der Waals surface area contributed by atoms with Crippen LogP contribution >= 0.6 is 11.8 Å². The Balaban J connectivity index is 1.47. The van der Waals surface area contributed by atoms with Crippen molar-refractivity contribution in [2.24, 2.45) is 13.0 Å². The van der Waals surface area contributed by atoms with E-state index in [0.717, 1.165) is 16.7 Å². The molecule has 148 valence electrons. The summed E-state index contributed by atoms with van der Waals surface area (Å²) in [6.07, 6.45) is 3.02. The molecule has 1 saturated heterocycles. The van der Waals surface area contributed by atoms with Crippen LogP contribution in [0.1, 0.15) is 29.5 Å². The number of carbonyl (C=O) groups excluding carboxylic acids is 1. The number of benzene rings is 1. The molecule has 0 unspecified atom stereocenters. The Morgan fingerprint density at radius 2 is 2.14 bits per heavy atom. The Kier molecular flexibility index (Phi) is 5.05. The first kappa shape index (κ1) is 19.2. The van der Waals surface area contributed by atoms with Crippen molar-refractivity contribution in [3.8, 4) is 0 Å². The van der Waals surface area contributed by atoms with Crippen molar-refractivity contribution in [2.75, 3.05) is 11.5 Å². The van der Waals surface area contributed by atoms with E-state index in [-0.39, 0.29) is 28.5 Å². The number of aromatic nitrogens is 4. The highest BCUT2D eigenvalue weighted by atomic mass is 32.2. The van der Waals surface area contributed by atoms with Gasteiger partial charge in [-0.1, -0.05) is 30.0 Å². The maximum absolute atomic E-state index is 12.9. The van der Waals surface area contributed by atoms with Gasteiger partial charge in [0.25, 0.3) is 0 Å². The van der Waals surface area contributed by atoms with Crippen LogP contribution in [0.3, 0.4) is 0 Å². The van der Waals surface area contributed by atoms with Gasteiger partial charge in [0.15, 0.2) is 20.8 Å². The van der Waals surface area contributed by atoms with E-state index in [1.165, 1.54) is 11.8 Å². The third kappa shape index (κ3) is 3.73. The molecule has 1 fully saturated rings. The molecule has 1 aromatic carbocycles. The standard InChI is InChI=1S/C19H22N4O3S2/c1-12(18(24)15-10-20-16-6-4-3-5-14(15)16)27-19-22-21-17(23(19)2)9-13-7-8-28(25,26)11-13/h3-6,10,12-13,20H,7-9,11H2,1-2H3/t12-,13+/m0/s1. The molecule has 28 heavy (non-hydrogen) atoms. The summed E-state index contributed by atoms with van der Waals surface area (Å²) in [5.41, 5.74) is 1.62. The number of thioether (sulfide) groups is 1. The second kappa shape index (κ2) is 7.36. The van der Waals surface area contributed by atoms with Crippen molar-refractivity contribution in [1.29, 1.82) is 0 Å². The van der Waals surface area contributed by atoms with Crippen molar-refractivity contribution < 1.29 is 13.2 Å². The molecule has 2 atom stereocenters. The molecule has 1 N–H and O–H groups in total. The number of hydrogen-bond donors (Lipinski definition) is 1. The molecule has 0 bridgehead atoms. The van der Waals surface area contributed by atoms with Gasteiger partial charge in [-0.15, -0.1) is 10.2 Å². The van der Waals surface area contributed by atoms with Crippen molar-refractivity contribution in [1.82, 2.24) is 19.7 Å². The summed E-state index contributed by atoms with van der Waals surface area (Å²) < 4.78 is 25.2. The summed E-state index contributed by atoms with van der Waals surface area (Å²) in [4.78, 5) is 16.1. The number of para-hydroxylation sites is 1. The van der Waals surface area contributed by atoms with E-state index in [1.807, 2.05) is 42.8 Å². The van der Waals surface area contributed by atoms with Gasteiger partial charge in [-0.25, -0.2) is 8.42 Å². The molecule has 0 spiro atoms. The highest BCUT2D eigenvalue weighted by Gasteiger charge is 2.29. The molecule has 3 heterocycles. The van der Waals surface area contributed by atoms with Gasteiger partial charge in [-0.2, -0.15) is 0 Å². The van der Waals surface area contributed by atoms with Gasteiger partial charge in [0, 0.05) is 36.1 Å². The molecule has 9 heteroatoms. The molecule has 7 nitrogen and oxygen atoms in total. The maximum Gasteiger partial charge on any atom is 0.191 e. The predicted octanol–water partition coefficient (Wildman–Crippen LogP) is 2.64. The molecule has 1 aliphatic heterocycles. The van der Waals surface area contributed by atoms with E-state index in [4.69, 9.17) is 0 Å². The van der Waals surface area contributed by atoms with Crippen LogP contribution in [0.15, 0.2) is 35.6 Å². The molecule has 4 rings (SSSR count). The monoisotopic (exact) mass is 418 g/mol. The van der Waals surface area contributed by atoms with Crippen LogP contribution in [0, 0.1) is 5.92 Å². The average molecular weight is 419 g/mol. The molecule has 0 radical (unpaired) electrons. The first-order valence-electron chi connectivity index (χ1n) is 9.20. The van der Waals surface area contributed by atoms with E-state index in [2.05, 4.69) is 15.2 Å². The molecule has 0 aliphatic carbocycles. The van der Waals surface area contributed by atoms with E-state index >= 15 is 0 Å². The summed E-state index contributed by atoms with van der Waals surface area (Å²) >= 11 is 1.37. The number of nitrogens with zero attached hydrogens (tertiary/aromatic N) is 3. The number of rotatable bonds is 6. The molecular weight excluding hydrogens is 396 g/mol. The van der Waals surface area contributed by atoms with Crippen LogP contribution in [-0.4, -0.2) is 50.7 Å². The molecule has 2 aromatic heterocycles. The van der Waals surface area contributed by atoms with Crippen molar-refractivity contribution in [3.63, 3.8) is 0 Å². The average Bonchev–Trinajstić information content (AvgIpc) is 3.34. The normalized spacial score (nSPS) is 19.9. The zero-order valence-electron chi connectivity index (χ0n) is 15.8. The van der Waals surface area contributed by atoms with Gasteiger partial charge >= 0.3 is 0 Å². The molecule has 0 saturated carbocycles. The predicted molar refractivity (Wildman–Crippen MR) is 109 cm³/mol.